The van der Waals surface area contributed by atoms with Crippen molar-refractivity contribution >= 4 is 34.7 Å². The summed E-state index contributed by atoms with van der Waals surface area (Å²) in [5.74, 6) is -11.2. The van der Waals surface area contributed by atoms with E-state index in [1.165, 1.54) is 49.3 Å². The number of nitrogens with two attached hydrogens (primary N) is 1. The van der Waals surface area contributed by atoms with Gasteiger partial charge < -0.3 is 15.9 Å². The van der Waals surface area contributed by atoms with Crippen molar-refractivity contribution < 1.29 is 39.1 Å². The molecule has 0 aromatic heterocycles. The minimum atomic E-state index is -2.79. The summed E-state index contributed by atoms with van der Waals surface area (Å²) in [6, 6.07) is 7.29. The predicted octanol–water partition coefficient (Wildman–Crippen LogP) is 0.442. The zero-order chi connectivity index (χ0) is 28.5. The Balaban J connectivity index is 1.64. The third-order valence-corrected chi connectivity index (χ3v) is 8.33. The predicted molar refractivity (Wildman–Crippen MR) is 133 cm³/mol. The number of aliphatic hydroxyl groups is 1. The van der Waals surface area contributed by atoms with Crippen LogP contribution >= 0.6 is 0 Å². The van der Waals surface area contributed by atoms with Crippen LogP contribution < -0.4 is 5.73 Å². The first kappa shape index (κ1) is 26.3. The number of rotatable bonds is 4. The highest BCUT2D eigenvalue weighted by Gasteiger charge is 2.69. The van der Waals surface area contributed by atoms with Gasteiger partial charge in [0.2, 0.25) is 5.91 Å². The molecule has 2 aromatic rings. The molecule has 12 nitrogen and oxygen atoms in total. The molecule has 202 valence electrons. The highest BCUT2D eigenvalue weighted by molar-refractivity contribution is 6.32. The quantitative estimate of drug-likeness (QED) is 0.280. The Morgan fingerprint density at radius 1 is 1.08 bits per heavy atom. The SMILES string of the molecule is CN(C)[C@@H]1C(=O)C(C(N)=O)C(=O)[C@@]2(O)C(=O)C3C(=O)c4c(O)ccc(-c5ccc([N+](=O)[O-])cc5)c4C[C@H]3C[C@@H]12. The number of hydrogen-bond acceptors (Lipinski definition) is 10. The molecule has 0 bridgehead atoms. The fourth-order valence-electron chi connectivity index (χ4n) is 6.64. The van der Waals surface area contributed by atoms with Crippen molar-refractivity contribution in [1.29, 1.82) is 0 Å². The Morgan fingerprint density at radius 3 is 2.28 bits per heavy atom. The molecule has 2 unspecified atom stereocenters. The lowest BCUT2D eigenvalue weighted by Crippen LogP contribution is -2.74. The van der Waals surface area contributed by atoms with Crippen molar-refractivity contribution in [2.45, 2.75) is 24.5 Å². The number of benzene rings is 2. The Morgan fingerprint density at radius 2 is 1.72 bits per heavy atom. The Hall–Kier alpha value is -4.29. The molecule has 0 radical (unpaired) electrons. The molecule has 5 rings (SSSR count). The van der Waals surface area contributed by atoms with E-state index in [1.54, 1.807) is 6.07 Å². The normalized spacial score (nSPS) is 30.0. The molecule has 2 fully saturated rings. The molecule has 2 saturated carbocycles. The number of primary amides is 1. The minimum absolute atomic E-state index is 0.0702. The average molecular weight is 536 g/mol. The number of ketones is 4. The van der Waals surface area contributed by atoms with Crippen molar-refractivity contribution in [2.24, 2.45) is 29.4 Å². The number of nitro benzene ring substituents is 1. The summed E-state index contributed by atoms with van der Waals surface area (Å²) in [5, 5.41) is 33.3. The number of non-ortho nitro benzene ring substituents is 1. The van der Waals surface area contributed by atoms with E-state index in [4.69, 9.17) is 5.73 Å². The Bertz CT molecular complexity index is 1480. The van der Waals surface area contributed by atoms with Gasteiger partial charge in [0, 0.05) is 18.1 Å². The molecule has 3 aliphatic rings. The summed E-state index contributed by atoms with van der Waals surface area (Å²) in [6.45, 7) is 0. The Kier molecular flexibility index (Phi) is 6.00. The number of Topliss-reactive ketones (excluding diaryl/α,β-unsaturated/α-hetero) is 4. The molecule has 0 aliphatic heterocycles. The third-order valence-electron chi connectivity index (χ3n) is 8.33. The zero-order valence-corrected chi connectivity index (χ0v) is 21.0. The van der Waals surface area contributed by atoms with Crippen LogP contribution in [0.3, 0.4) is 0 Å². The average Bonchev–Trinajstić information content (AvgIpc) is 2.86. The number of carbonyl (C=O) groups excluding carboxylic acids is 5. The molecule has 2 aromatic carbocycles. The van der Waals surface area contributed by atoms with Crippen LogP contribution in [0, 0.1) is 33.8 Å². The number of nitrogens with zero attached hydrogens (tertiary/aromatic N) is 2. The lowest BCUT2D eigenvalue weighted by atomic mass is 9.52. The number of aromatic hydroxyl groups is 1. The summed E-state index contributed by atoms with van der Waals surface area (Å²) in [5.41, 5.74) is 3.73. The molecule has 12 heteroatoms. The molecule has 3 aliphatic carbocycles. The molecular formula is C27H25N3O9. The van der Waals surface area contributed by atoms with E-state index >= 15 is 0 Å². The summed E-state index contributed by atoms with van der Waals surface area (Å²) >= 11 is 0. The fourth-order valence-corrected chi connectivity index (χ4v) is 6.64. The maximum absolute atomic E-state index is 13.8. The van der Waals surface area contributed by atoms with E-state index in [0.29, 0.717) is 16.7 Å². The van der Waals surface area contributed by atoms with Gasteiger partial charge in [-0.15, -0.1) is 0 Å². The maximum Gasteiger partial charge on any atom is 0.269 e. The van der Waals surface area contributed by atoms with Crippen LogP contribution in [0.15, 0.2) is 36.4 Å². The fraction of sp³-hybridized carbons (Fsp3) is 0.370. The number of carbonyl (C=O) groups is 5. The standard InChI is InChI=1S/C27H25N3O9/c1-29(2)21-16-10-12-9-15-14(11-3-5-13(6-4-11)30(38)39)7-8-17(31)19(15)22(32)18(12)24(34)27(16,37)25(35)20(23(21)33)26(28)36/h3-8,12,16,18,20-21,31,37H,9-10H2,1-2H3,(H2,28,36)/t12-,16-,18?,20?,21-,27-/m0/s1. The molecule has 1 amide bonds. The van der Waals surface area contributed by atoms with Crippen LogP contribution in [-0.4, -0.2) is 74.8 Å². The number of amides is 1. The first-order chi connectivity index (χ1) is 18.3. The largest absolute Gasteiger partial charge is 0.507 e. The van der Waals surface area contributed by atoms with Gasteiger partial charge in [-0.05, 0) is 67.7 Å². The van der Waals surface area contributed by atoms with Crippen LogP contribution in [-0.2, 0) is 25.6 Å². The van der Waals surface area contributed by atoms with Gasteiger partial charge in [-0.1, -0.05) is 6.07 Å². The zero-order valence-electron chi connectivity index (χ0n) is 21.0. The first-order valence-corrected chi connectivity index (χ1v) is 12.2. The van der Waals surface area contributed by atoms with Gasteiger partial charge in [-0.3, -0.25) is 39.0 Å². The number of fused-ring (bicyclic) bond motifs is 3. The van der Waals surface area contributed by atoms with Crippen molar-refractivity contribution in [1.82, 2.24) is 4.90 Å². The van der Waals surface area contributed by atoms with Gasteiger partial charge in [0.1, 0.15) is 5.75 Å². The van der Waals surface area contributed by atoms with Gasteiger partial charge in [-0.25, -0.2) is 0 Å². The first-order valence-electron chi connectivity index (χ1n) is 12.2. The number of phenolic OH excluding ortho intramolecular Hbond substituents is 1. The molecule has 6 atom stereocenters. The van der Waals surface area contributed by atoms with Gasteiger partial charge in [-0.2, -0.15) is 0 Å². The summed E-state index contributed by atoms with van der Waals surface area (Å²) in [6.07, 6.45) is 0.0197. The van der Waals surface area contributed by atoms with Crippen LogP contribution in [0.4, 0.5) is 5.69 Å². The van der Waals surface area contributed by atoms with E-state index in [0.717, 1.165) is 0 Å². The van der Waals surface area contributed by atoms with E-state index in [-0.39, 0.29) is 24.1 Å². The summed E-state index contributed by atoms with van der Waals surface area (Å²) < 4.78 is 0. The highest BCUT2D eigenvalue weighted by atomic mass is 16.6. The lowest BCUT2D eigenvalue weighted by molar-refractivity contribution is -0.384. The highest BCUT2D eigenvalue weighted by Crippen LogP contribution is 2.51. The second-order valence-electron chi connectivity index (χ2n) is 10.6. The second kappa shape index (κ2) is 8.89. The van der Waals surface area contributed by atoms with Crippen LogP contribution in [0.25, 0.3) is 11.1 Å². The smallest absolute Gasteiger partial charge is 0.269 e. The molecule has 39 heavy (non-hydrogen) atoms. The van der Waals surface area contributed by atoms with E-state index in [1.807, 2.05) is 0 Å². The van der Waals surface area contributed by atoms with Gasteiger partial charge in [0.15, 0.2) is 34.7 Å². The van der Waals surface area contributed by atoms with Crippen molar-refractivity contribution in [3.63, 3.8) is 0 Å². The maximum atomic E-state index is 13.8. The number of phenols is 1. The Labute approximate surface area is 221 Å². The van der Waals surface area contributed by atoms with Crippen LogP contribution in [0.5, 0.6) is 5.75 Å². The van der Waals surface area contributed by atoms with Crippen LogP contribution in [0.2, 0.25) is 0 Å². The van der Waals surface area contributed by atoms with Gasteiger partial charge in [0.25, 0.3) is 5.69 Å². The van der Waals surface area contributed by atoms with E-state index in [2.05, 4.69) is 0 Å². The lowest BCUT2D eigenvalue weighted by Gasteiger charge is -2.52. The van der Waals surface area contributed by atoms with Crippen molar-refractivity contribution in [2.75, 3.05) is 14.1 Å². The minimum Gasteiger partial charge on any atom is -0.507 e. The molecule has 0 saturated heterocycles. The summed E-state index contributed by atoms with van der Waals surface area (Å²) in [7, 11) is 3.03. The third kappa shape index (κ3) is 3.62. The monoisotopic (exact) mass is 535 g/mol. The number of likely N-dealkylation sites (N-methyl/N-ethyl adjacent to an activating group) is 1. The van der Waals surface area contributed by atoms with Crippen molar-refractivity contribution in [3.05, 3.63) is 57.6 Å². The number of nitro groups is 1. The van der Waals surface area contributed by atoms with Crippen molar-refractivity contribution in [3.8, 4) is 16.9 Å². The van der Waals surface area contributed by atoms with Gasteiger partial charge >= 0.3 is 0 Å². The van der Waals surface area contributed by atoms with E-state index in [9.17, 15) is 44.3 Å². The van der Waals surface area contributed by atoms with Gasteiger partial charge in [0.05, 0.1) is 22.4 Å². The second-order valence-corrected chi connectivity index (χ2v) is 10.6. The summed E-state index contributed by atoms with van der Waals surface area (Å²) in [4.78, 5) is 78.1. The molecule has 0 heterocycles. The number of hydrogen-bond donors (Lipinski definition) is 3. The molecule has 4 N–H and O–H groups in total. The molecule has 0 spiro atoms. The van der Waals surface area contributed by atoms with E-state index < -0.39 is 75.0 Å². The topological polar surface area (TPSA) is 198 Å². The van der Waals surface area contributed by atoms with Crippen LogP contribution in [0.1, 0.15) is 22.3 Å². The molecular weight excluding hydrogens is 510 g/mol.